The van der Waals surface area contributed by atoms with Crippen molar-refractivity contribution in [1.29, 1.82) is 0 Å². The van der Waals surface area contributed by atoms with Crippen LogP contribution < -0.4 is 0 Å². The molecular weight excluding hydrogens is 1140 g/mol. The Morgan fingerprint density at radius 1 is 0.600 bits per heavy atom. The molecule has 11 aliphatic rings. The molecule has 37 atom stereocenters. The van der Waals surface area contributed by atoms with Gasteiger partial charge in [-0.05, 0) is 81.6 Å². The van der Waals surface area contributed by atoms with Crippen LogP contribution in [0.25, 0.3) is 0 Å². The standard InChI is InChI=1S/C56H88O29/c1-18-15-76-56(48(73)45(18)82-51-43(71)38(66)33(61)19(2)77-51)26(16-74-49-42(70)40(68)36(64)29(13-57)79-49)32-28(85-56)12-25-23-7-6-21-10-22(59)11-31(55(21,5)24(23)8-9-54(25,32)4)81-53-47(84-52-44(72)39(67)34(62)20(3)78-52)46(37(65)30(14-58)80-53)83-50-41(69)35(63)27(60)17-75-50/h6,15,19-20,22-53,57-73H,7-14,16-17H2,1-5H3/t19-,20+,22-,23-,24+,25+,26+,27-,28+,29-,30-,31-,32+,33+,34+,35+,36+,37-,38+,39-,40+,41-,42-,43-,44-,45+,46+,47-,48+,49-,50+,51+,52+,53+,54+,55+,56+/m1/s1. The lowest BCUT2D eigenvalue weighted by molar-refractivity contribution is -0.393. The van der Waals surface area contributed by atoms with Gasteiger partial charge in [0.15, 0.2) is 31.5 Å². The normalized spacial score (nSPS) is 57.0. The maximum atomic E-state index is 12.7. The van der Waals surface area contributed by atoms with Crippen molar-refractivity contribution in [3.05, 3.63) is 23.5 Å². The molecule has 4 aliphatic carbocycles. The van der Waals surface area contributed by atoms with Gasteiger partial charge in [0.2, 0.25) is 5.79 Å². The van der Waals surface area contributed by atoms with Crippen molar-refractivity contribution >= 4 is 0 Å². The van der Waals surface area contributed by atoms with Crippen molar-refractivity contribution in [3.8, 4) is 0 Å². The lowest BCUT2D eigenvalue weighted by atomic mass is 9.46. The molecule has 0 unspecified atom stereocenters. The first kappa shape index (κ1) is 64.7. The number of aliphatic hydroxyl groups excluding tert-OH is 17. The fraction of sp³-hybridized carbons (Fsp3) is 0.929. The molecule has 7 aliphatic heterocycles. The van der Waals surface area contributed by atoms with Gasteiger partial charge in [-0.2, -0.15) is 0 Å². The van der Waals surface area contributed by atoms with Crippen LogP contribution in [0.3, 0.4) is 0 Å². The molecular formula is C56H88O29. The van der Waals surface area contributed by atoms with E-state index < -0.39 is 226 Å². The van der Waals surface area contributed by atoms with Gasteiger partial charge in [0, 0.05) is 17.8 Å². The molecule has 486 valence electrons. The highest BCUT2D eigenvalue weighted by molar-refractivity contribution is 5.29. The zero-order chi connectivity index (χ0) is 61.3. The zero-order valence-electron chi connectivity index (χ0n) is 47.9. The fourth-order valence-electron chi connectivity index (χ4n) is 16.5. The van der Waals surface area contributed by atoms with Gasteiger partial charge in [-0.15, -0.1) is 0 Å². The van der Waals surface area contributed by atoms with Crippen LogP contribution in [-0.4, -0.2) is 297 Å². The molecule has 9 fully saturated rings. The maximum absolute atomic E-state index is 12.7. The SMILES string of the molecule is CC1=CO[C@@]2(O[C@H]3C[C@H]4[C@@H]5CC=C6C[C@@H](O)C[C@@H](O[C@@H]7O[C@H](CO)[C@@H](O)[C@H](O[C@@H]8OC[C@@H](O)[C@H](O)[C@H]8O)[C@H]7O[C@@H]7O[C@@H](C)[C@H](O)[C@@H](O)[C@H]7O)[C@]6(C)[C@H]5CC[C@]4(C)[C@H]3[C@@H]2CO[C@@H]2O[C@H](CO)[C@H](O)[C@H](O)[C@H]2O)[C@@H](O)[C@H]1O[C@@H]1O[C@H](C)[C@H](O)[C@H](O)[C@H]1O. The van der Waals surface area contributed by atoms with Gasteiger partial charge in [-0.1, -0.05) is 25.5 Å². The van der Waals surface area contributed by atoms with Crippen molar-refractivity contribution in [2.75, 3.05) is 26.4 Å². The van der Waals surface area contributed by atoms with E-state index in [4.69, 9.17) is 56.8 Å². The fourth-order valence-corrected chi connectivity index (χ4v) is 16.5. The van der Waals surface area contributed by atoms with Crippen molar-refractivity contribution < 1.29 is 144 Å². The van der Waals surface area contributed by atoms with E-state index in [0.717, 1.165) is 5.57 Å². The molecule has 0 aromatic rings. The van der Waals surface area contributed by atoms with Gasteiger partial charge in [-0.3, -0.25) is 0 Å². The smallest absolute Gasteiger partial charge is 0.244 e. The van der Waals surface area contributed by atoms with Crippen LogP contribution in [0.4, 0.5) is 0 Å². The Morgan fingerprint density at radius 2 is 1.19 bits per heavy atom. The van der Waals surface area contributed by atoms with Crippen LogP contribution >= 0.6 is 0 Å². The summed E-state index contributed by atoms with van der Waals surface area (Å²) < 4.78 is 75.2. The monoisotopic (exact) mass is 1220 g/mol. The molecule has 0 aromatic carbocycles. The maximum Gasteiger partial charge on any atom is 0.244 e. The number of rotatable bonds is 13. The minimum absolute atomic E-state index is 0.0312. The molecule has 0 amide bonds. The largest absolute Gasteiger partial charge is 0.467 e. The number of hydrogen-bond acceptors (Lipinski definition) is 29. The predicted octanol–water partition coefficient (Wildman–Crippen LogP) is -6.32. The number of ether oxygens (including phenoxy) is 12. The summed E-state index contributed by atoms with van der Waals surface area (Å²) >= 11 is 0. The Balaban J connectivity index is 0.902. The Bertz CT molecular complexity index is 2370. The molecule has 7 heterocycles. The molecule has 11 rings (SSSR count). The van der Waals surface area contributed by atoms with E-state index in [9.17, 15) is 86.8 Å². The summed E-state index contributed by atoms with van der Waals surface area (Å²) in [5, 5.41) is 186. The second-order valence-electron chi connectivity index (χ2n) is 26.2. The van der Waals surface area contributed by atoms with E-state index in [-0.39, 0.29) is 37.2 Å². The van der Waals surface area contributed by atoms with Crippen molar-refractivity contribution in [1.82, 2.24) is 0 Å². The third-order valence-corrected chi connectivity index (χ3v) is 21.4. The first-order chi connectivity index (χ1) is 40.2. The minimum atomic E-state index is -1.97. The van der Waals surface area contributed by atoms with E-state index in [1.165, 1.54) is 20.1 Å². The van der Waals surface area contributed by atoms with E-state index in [1.807, 2.05) is 6.92 Å². The van der Waals surface area contributed by atoms with Crippen LogP contribution in [-0.2, 0) is 56.8 Å². The lowest BCUT2D eigenvalue weighted by Gasteiger charge is -2.61. The Labute approximate surface area is 489 Å². The van der Waals surface area contributed by atoms with Gasteiger partial charge >= 0.3 is 0 Å². The van der Waals surface area contributed by atoms with Crippen LogP contribution in [0.5, 0.6) is 0 Å². The number of aliphatic hydroxyl groups is 17. The molecule has 6 saturated heterocycles. The first-order valence-electron chi connectivity index (χ1n) is 29.8. The first-order valence-corrected chi connectivity index (χ1v) is 29.8. The molecule has 1 spiro atoms. The highest BCUT2D eigenvalue weighted by Gasteiger charge is 2.74. The zero-order valence-corrected chi connectivity index (χ0v) is 47.9. The number of hydrogen-bond donors (Lipinski definition) is 17. The average Bonchev–Trinajstić information content (AvgIpc) is 1.91. The van der Waals surface area contributed by atoms with Crippen LogP contribution in [0, 0.1) is 40.4 Å². The molecule has 85 heavy (non-hydrogen) atoms. The molecule has 0 aromatic heterocycles. The molecule has 0 bridgehead atoms. The predicted molar refractivity (Wildman–Crippen MR) is 277 cm³/mol. The van der Waals surface area contributed by atoms with Crippen molar-refractivity contribution in [2.45, 2.75) is 257 Å². The van der Waals surface area contributed by atoms with Crippen LogP contribution in [0.15, 0.2) is 23.5 Å². The number of fused-ring (bicyclic) bond motifs is 7. The Morgan fingerprint density at radius 3 is 1.85 bits per heavy atom. The molecule has 17 N–H and O–H groups in total. The summed E-state index contributed by atoms with van der Waals surface area (Å²) in [7, 11) is 0. The van der Waals surface area contributed by atoms with Gasteiger partial charge in [0.05, 0.1) is 69.1 Å². The Kier molecular flexibility index (Phi) is 18.8. The number of allylic oxidation sites excluding steroid dienone is 1. The van der Waals surface area contributed by atoms with Gasteiger partial charge < -0.3 is 144 Å². The summed E-state index contributed by atoms with van der Waals surface area (Å²) in [6.45, 7) is 6.32. The second kappa shape index (κ2) is 24.7. The molecule has 29 heteroatoms. The summed E-state index contributed by atoms with van der Waals surface area (Å²) in [5.41, 5.74) is -0.309. The summed E-state index contributed by atoms with van der Waals surface area (Å²) in [6, 6.07) is 0. The molecule has 0 radical (unpaired) electrons. The quantitative estimate of drug-likeness (QED) is 0.0763. The summed E-state index contributed by atoms with van der Waals surface area (Å²) in [6.07, 6.45) is -38.4. The molecule has 29 nitrogen and oxygen atoms in total. The third kappa shape index (κ3) is 10.9. The van der Waals surface area contributed by atoms with Gasteiger partial charge in [0.1, 0.15) is 116 Å². The van der Waals surface area contributed by atoms with Crippen LogP contribution in [0.2, 0.25) is 0 Å². The van der Waals surface area contributed by atoms with Gasteiger partial charge in [-0.25, -0.2) is 0 Å². The van der Waals surface area contributed by atoms with E-state index >= 15 is 0 Å². The van der Waals surface area contributed by atoms with E-state index in [1.54, 1.807) is 6.92 Å². The van der Waals surface area contributed by atoms with E-state index in [2.05, 4.69) is 13.0 Å². The summed E-state index contributed by atoms with van der Waals surface area (Å²) in [4.78, 5) is 0. The Hall–Kier alpha value is -1.84. The lowest BCUT2D eigenvalue weighted by Crippen LogP contribution is -2.67. The van der Waals surface area contributed by atoms with Crippen molar-refractivity contribution in [2.24, 2.45) is 40.4 Å². The minimum Gasteiger partial charge on any atom is -0.467 e. The molecule has 3 saturated carbocycles. The average molecular weight is 1230 g/mol. The summed E-state index contributed by atoms with van der Waals surface area (Å²) in [5.74, 6) is -3.85. The van der Waals surface area contributed by atoms with E-state index in [0.29, 0.717) is 31.3 Å². The third-order valence-electron chi connectivity index (χ3n) is 21.4. The van der Waals surface area contributed by atoms with Crippen LogP contribution in [0.1, 0.15) is 73.1 Å². The van der Waals surface area contributed by atoms with Gasteiger partial charge in [0.25, 0.3) is 0 Å². The second-order valence-corrected chi connectivity index (χ2v) is 26.2. The topological polar surface area (TPSA) is 455 Å². The van der Waals surface area contributed by atoms with Crippen molar-refractivity contribution in [3.63, 3.8) is 0 Å². The highest BCUT2D eigenvalue weighted by Crippen LogP contribution is 2.71. The highest BCUT2D eigenvalue weighted by atomic mass is 16.8.